The number of aryl methyl sites for hydroxylation is 2. The van der Waals surface area contributed by atoms with Crippen molar-refractivity contribution < 1.29 is 0 Å². The molecule has 108 valence electrons. The maximum Gasteiger partial charge on any atom is 0.0597 e. The molecule has 1 aliphatic rings. The molecule has 1 aromatic rings. The van der Waals surface area contributed by atoms with Crippen molar-refractivity contribution in [3.8, 4) is 0 Å². The largest absolute Gasteiger partial charge is 0.311 e. The fourth-order valence-corrected chi connectivity index (χ4v) is 3.62. The molecule has 1 saturated carbocycles. The zero-order valence-corrected chi connectivity index (χ0v) is 12.9. The number of hydrogen-bond donors (Lipinski definition) is 1. The van der Waals surface area contributed by atoms with Crippen LogP contribution in [0.1, 0.15) is 63.4 Å². The van der Waals surface area contributed by atoms with Gasteiger partial charge in [0.05, 0.1) is 17.4 Å². The second kappa shape index (κ2) is 6.56. The molecule has 3 nitrogen and oxygen atoms in total. The molecule has 1 atom stereocenters. The number of aromatic nitrogens is 2. The minimum atomic E-state index is 0.471. The second-order valence-electron chi connectivity index (χ2n) is 5.98. The van der Waals surface area contributed by atoms with E-state index >= 15 is 0 Å². The highest BCUT2D eigenvalue weighted by Gasteiger charge is 2.29. The molecule has 0 radical (unpaired) electrons. The highest BCUT2D eigenvalue weighted by atomic mass is 15.3. The van der Waals surface area contributed by atoms with Crippen molar-refractivity contribution in [1.82, 2.24) is 15.1 Å². The van der Waals surface area contributed by atoms with Crippen LogP contribution in [0.2, 0.25) is 0 Å². The molecule has 2 rings (SSSR count). The highest BCUT2D eigenvalue weighted by Crippen LogP contribution is 2.37. The molecule has 0 aliphatic heterocycles. The van der Waals surface area contributed by atoms with Crippen molar-refractivity contribution in [2.24, 2.45) is 11.8 Å². The van der Waals surface area contributed by atoms with Crippen molar-refractivity contribution >= 4 is 0 Å². The van der Waals surface area contributed by atoms with Gasteiger partial charge in [-0.2, -0.15) is 5.10 Å². The maximum absolute atomic E-state index is 4.60. The van der Waals surface area contributed by atoms with Crippen LogP contribution in [0.5, 0.6) is 0 Å². The lowest BCUT2D eigenvalue weighted by atomic mass is 9.77. The minimum Gasteiger partial charge on any atom is -0.311 e. The lowest BCUT2D eigenvalue weighted by Gasteiger charge is -2.33. The van der Waals surface area contributed by atoms with Gasteiger partial charge < -0.3 is 5.32 Å². The Kier molecular flexibility index (Phi) is 5.03. The van der Waals surface area contributed by atoms with E-state index in [1.54, 1.807) is 0 Å². The summed E-state index contributed by atoms with van der Waals surface area (Å²) >= 11 is 0. The predicted octanol–water partition coefficient (Wildman–Crippen LogP) is 3.69. The van der Waals surface area contributed by atoms with E-state index < -0.39 is 0 Å². The fourth-order valence-electron chi connectivity index (χ4n) is 3.62. The van der Waals surface area contributed by atoms with E-state index in [0.717, 1.165) is 24.1 Å². The smallest absolute Gasteiger partial charge is 0.0597 e. The summed E-state index contributed by atoms with van der Waals surface area (Å²) in [5.74, 6) is 1.74. The summed E-state index contributed by atoms with van der Waals surface area (Å²) in [5.41, 5.74) is 2.52. The van der Waals surface area contributed by atoms with E-state index in [2.05, 4.69) is 49.0 Å². The van der Waals surface area contributed by atoms with Crippen LogP contribution >= 0.6 is 0 Å². The lowest BCUT2D eigenvalue weighted by molar-refractivity contribution is 0.218. The Hall–Kier alpha value is -0.830. The zero-order valence-electron chi connectivity index (χ0n) is 12.9. The van der Waals surface area contributed by atoms with E-state index in [1.165, 1.54) is 37.8 Å². The molecule has 1 fully saturated rings. The van der Waals surface area contributed by atoms with Gasteiger partial charge in [-0.1, -0.05) is 26.2 Å². The molecule has 19 heavy (non-hydrogen) atoms. The number of nitrogens with one attached hydrogen (secondary N) is 1. The van der Waals surface area contributed by atoms with Gasteiger partial charge in [0.15, 0.2) is 0 Å². The summed E-state index contributed by atoms with van der Waals surface area (Å²) in [6.07, 6.45) is 6.87. The first-order valence-electron chi connectivity index (χ1n) is 7.91. The molecule has 3 heteroatoms. The van der Waals surface area contributed by atoms with Gasteiger partial charge in [0.2, 0.25) is 0 Å². The SMILES string of the molecule is CCC1CCC(C(NC)c2cc(C)nn2CC)CC1. The average Bonchev–Trinajstić information content (AvgIpc) is 2.81. The lowest BCUT2D eigenvalue weighted by Crippen LogP contribution is -2.30. The van der Waals surface area contributed by atoms with Crippen LogP contribution in [0.4, 0.5) is 0 Å². The number of hydrogen-bond acceptors (Lipinski definition) is 2. The van der Waals surface area contributed by atoms with E-state index in [9.17, 15) is 0 Å². The maximum atomic E-state index is 4.60. The fraction of sp³-hybridized carbons (Fsp3) is 0.812. The summed E-state index contributed by atoms with van der Waals surface area (Å²) in [5, 5.41) is 8.15. The third-order valence-electron chi connectivity index (χ3n) is 4.80. The molecular weight excluding hydrogens is 234 g/mol. The topological polar surface area (TPSA) is 29.9 Å². The van der Waals surface area contributed by atoms with Crippen LogP contribution in [0.3, 0.4) is 0 Å². The van der Waals surface area contributed by atoms with Crippen LogP contribution in [0.25, 0.3) is 0 Å². The third kappa shape index (κ3) is 3.19. The minimum absolute atomic E-state index is 0.471. The first kappa shape index (κ1) is 14.6. The Balaban J connectivity index is 2.11. The zero-order chi connectivity index (χ0) is 13.8. The molecule has 1 unspecified atom stereocenters. The molecule has 0 saturated heterocycles. The number of rotatable bonds is 5. The summed E-state index contributed by atoms with van der Waals surface area (Å²) in [4.78, 5) is 0. The van der Waals surface area contributed by atoms with Crippen LogP contribution in [-0.2, 0) is 6.54 Å². The molecule has 0 spiro atoms. The van der Waals surface area contributed by atoms with Gasteiger partial charge >= 0.3 is 0 Å². The van der Waals surface area contributed by atoms with Crippen molar-refractivity contribution in [3.63, 3.8) is 0 Å². The van der Waals surface area contributed by atoms with E-state index in [-0.39, 0.29) is 0 Å². The van der Waals surface area contributed by atoms with E-state index in [4.69, 9.17) is 0 Å². The molecule has 0 aromatic carbocycles. The second-order valence-corrected chi connectivity index (χ2v) is 5.98. The van der Waals surface area contributed by atoms with Crippen molar-refractivity contribution in [1.29, 1.82) is 0 Å². The molecular formula is C16H29N3. The molecule has 0 bridgehead atoms. The van der Waals surface area contributed by atoms with Crippen LogP contribution in [0.15, 0.2) is 6.07 Å². The molecule has 1 N–H and O–H groups in total. The van der Waals surface area contributed by atoms with Gasteiger partial charge in [0.1, 0.15) is 0 Å². The monoisotopic (exact) mass is 263 g/mol. The third-order valence-corrected chi connectivity index (χ3v) is 4.80. The van der Waals surface area contributed by atoms with Gasteiger partial charge in [0, 0.05) is 6.54 Å². The summed E-state index contributed by atoms with van der Waals surface area (Å²) in [7, 11) is 2.10. The first-order chi connectivity index (χ1) is 9.19. The Bertz CT molecular complexity index is 389. The van der Waals surface area contributed by atoms with Crippen molar-refractivity contribution in [2.75, 3.05) is 7.05 Å². The van der Waals surface area contributed by atoms with Gasteiger partial charge in [-0.15, -0.1) is 0 Å². The van der Waals surface area contributed by atoms with Gasteiger partial charge in [-0.05, 0) is 51.6 Å². The van der Waals surface area contributed by atoms with Gasteiger partial charge in [-0.25, -0.2) is 0 Å². The first-order valence-corrected chi connectivity index (χ1v) is 7.91. The number of nitrogens with zero attached hydrogens (tertiary/aromatic N) is 2. The van der Waals surface area contributed by atoms with E-state index in [0.29, 0.717) is 6.04 Å². The molecule has 1 heterocycles. The summed E-state index contributed by atoms with van der Waals surface area (Å²) in [6, 6.07) is 2.73. The van der Waals surface area contributed by atoms with Gasteiger partial charge in [0.25, 0.3) is 0 Å². The molecule has 1 aromatic heterocycles. The Labute approximate surface area is 117 Å². The summed E-state index contributed by atoms with van der Waals surface area (Å²) in [6.45, 7) is 7.56. The van der Waals surface area contributed by atoms with E-state index in [1.807, 2.05) is 0 Å². The molecule has 0 amide bonds. The highest BCUT2D eigenvalue weighted by molar-refractivity contribution is 5.14. The van der Waals surface area contributed by atoms with Gasteiger partial charge in [-0.3, -0.25) is 4.68 Å². The normalized spacial score (nSPS) is 25.5. The Morgan fingerprint density at radius 1 is 1.32 bits per heavy atom. The average molecular weight is 263 g/mol. The van der Waals surface area contributed by atoms with Crippen LogP contribution in [0, 0.1) is 18.8 Å². The Morgan fingerprint density at radius 3 is 2.53 bits per heavy atom. The Morgan fingerprint density at radius 2 is 2.00 bits per heavy atom. The van der Waals surface area contributed by atoms with Crippen LogP contribution < -0.4 is 5.32 Å². The standard InChI is InChI=1S/C16H29N3/c1-5-13-7-9-14(10-8-13)16(17-4)15-11-12(3)18-19(15)6-2/h11,13-14,16-17H,5-10H2,1-4H3. The molecule has 1 aliphatic carbocycles. The summed E-state index contributed by atoms with van der Waals surface area (Å²) < 4.78 is 2.17. The predicted molar refractivity (Wildman–Crippen MR) is 80.2 cm³/mol. The van der Waals surface area contributed by atoms with Crippen molar-refractivity contribution in [2.45, 2.75) is 65.5 Å². The van der Waals surface area contributed by atoms with Crippen LogP contribution in [-0.4, -0.2) is 16.8 Å². The van der Waals surface area contributed by atoms with Crippen molar-refractivity contribution in [3.05, 3.63) is 17.5 Å². The quantitative estimate of drug-likeness (QED) is 0.878.